The maximum atomic E-state index is 9.08. The van der Waals surface area contributed by atoms with Gasteiger partial charge < -0.3 is 9.32 Å². The van der Waals surface area contributed by atoms with Crippen LogP contribution in [0.3, 0.4) is 0 Å². The fourth-order valence-electron chi connectivity index (χ4n) is 7.55. The highest BCUT2D eigenvalue weighted by molar-refractivity contribution is 6.33. The molecule has 1 heterocycles. The SMILES string of the molecule is [2H]c1c([2H])c([2H])c(-c2ccc(N(c3ccc(-c4ccccc4)cc3)c3ccc(-c4ccccc4)cc3)c3oc4c5ccccc5c5ccccc5c4c23)c([2H])c1[2H]. The molecule has 0 atom stereocenters. The summed E-state index contributed by atoms with van der Waals surface area (Å²) in [5, 5.41) is 5.44. The number of benzene rings is 9. The summed E-state index contributed by atoms with van der Waals surface area (Å²) in [6.07, 6.45) is 0. The molecule has 10 aromatic rings. The monoisotopic (exact) mass is 668 g/mol. The van der Waals surface area contributed by atoms with Crippen LogP contribution in [0.4, 0.5) is 17.1 Å². The molecule has 52 heavy (non-hydrogen) atoms. The maximum absolute atomic E-state index is 9.08. The van der Waals surface area contributed by atoms with E-state index in [9.17, 15) is 0 Å². The summed E-state index contributed by atoms with van der Waals surface area (Å²) in [5.74, 6) is 0. The molecule has 0 fully saturated rings. The van der Waals surface area contributed by atoms with Crippen LogP contribution in [0.25, 0.3) is 76.9 Å². The van der Waals surface area contributed by atoms with Crippen LogP contribution in [0, 0.1) is 0 Å². The number of nitrogens with zero attached hydrogens (tertiary/aromatic N) is 1. The Bertz CT molecular complexity index is 3050. The molecule has 0 bridgehead atoms. The van der Waals surface area contributed by atoms with Crippen molar-refractivity contribution in [1.82, 2.24) is 0 Å². The van der Waals surface area contributed by atoms with Crippen molar-refractivity contribution in [1.29, 1.82) is 0 Å². The Morgan fingerprint density at radius 2 is 0.846 bits per heavy atom. The first kappa shape index (κ1) is 25.1. The number of rotatable bonds is 6. The molecule has 0 saturated carbocycles. The van der Waals surface area contributed by atoms with Gasteiger partial charge in [-0.2, -0.15) is 0 Å². The van der Waals surface area contributed by atoms with Gasteiger partial charge in [-0.1, -0.05) is 170 Å². The first-order valence-corrected chi connectivity index (χ1v) is 17.4. The highest BCUT2D eigenvalue weighted by Crippen LogP contribution is 2.49. The molecule has 0 unspecified atom stereocenters. The van der Waals surface area contributed by atoms with Crippen LogP contribution < -0.4 is 4.90 Å². The van der Waals surface area contributed by atoms with Gasteiger partial charge in [0.1, 0.15) is 5.58 Å². The van der Waals surface area contributed by atoms with Crippen LogP contribution in [-0.4, -0.2) is 0 Å². The van der Waals surface area contributed by atoms with Gasteiger partial charge in [0, 0.05) is 27.5 Å². The lowest BCUT2D eigenvalue weighted by Crippen LogP contribution is -2.10. The third kappa shape index (κ3) is 4.96. The average Bonchev–Trinajstić information content (AvgIpc) is 3.69. The molecule has 0 radical (unpaired) electrons. The van der Waals surface area contributed by atoms with Crippen LogP contribution in [0.15, 0.2) is 204 Å². The van der Waals surface area contributed by atoms with Crippen LogP contribution >= 0.6 is 0 Å². The molecule has 0 aliphatic rings. The van der Waals surface area contributed by atoms with Gasteiger partial charge in [0.25, 0.3) is 0 Å². The van der Waals surface area contributed by atoms with E-state index in [-0.39, 0.29) is 29.7 Å². The van der Waals surface area contributed by atoms with Crippen LogP contribution in [0.5, 0.6) is 0 Å². The first-order valence-electron chi connectivity index (χ1n) is 19.9. The van der Waals surface area contributed by atoms with Crippen molar-refractivity contribution in [3.63, 3.8) is 0 Å². The highest BCUT2D eigenvalue weighted by atomic mass is 16.3. The molecule has 244 valence electrons. The van der Waals surface area contributed by atoms with Gasteiger partial charge in [0.2, 0.25) is 0 Å². The maximum Gasteiger partial charge on any atom is 0.160 e. The summed E-state index contributed by atoms with van der Waals surface area (Å²) >= 11 is 0. The Morgan fingerprint density at radius 1 is 0.365 bits per heavy atom. The molecule has 0 aliphatic heterocycles. The smallest absolute Gasteiger partial charge is 0.160 e. The van der Waals surface area contributed by atoms with E-state index in [0.717, 1.165) is 66.2 Å². The third-order valence-corrected chi connectivity index (χ3v) is 9.95. The number of furan rings is 1. The predicted molar refractivity (Wildman–Crippen MR) is 220 cm³/mol. The molecule has 0 saturated heterocycles. The summed E-state index contributed by atoms with van der Waals surface area (Å²) in [5.41, 5.74) is 8.77. The molecule has 0 aliphatic carbocycles. The molecule has 2 heteroatoms. The minimum atomic E-state index is -0.431. The summed E-state index contributed by atoms with van der Waals surface area (Å²) < 4.78 is 50.9. The van der Waals surface area contributed by atoms with Gasteiger partial charge in [-0.25, -0.2) is 0 Å². The van der Waals surface area contributed by atoms with Crippen LogP contribution in [0.2, 0.25) is 0 Å². The lowest BCUT2D eigenvalue weighted by molar-refractivity contribution is 0.673. The van der Waals surface area contributed by atoms with Crippen molar-refractivity contribution in [3.8, 4) is 33.4 Å². The van der Waals surface area contributed by atoms with E-state index in [0.29, 0.717) is 22.1 Å². The van der Waals surface area contributed by atoms with Crippen molar-refractivity contribution in [2.24, 2.45) is 0 Å². The van der Waals surface area contributed by atoms with E-state index < -0.39 is 6.04 Å². The minimum absolute atomic E-state index is 0.128. The zero-order valence-electron chi connectivity index (χ0n) is 33.0. The number of fused-ring (bicyclic) bond motifs is 8. The normalized spacial score (nSPS) is 12.8. The topological polar surface area (TPSA) is 16.4 Å². The molecule has 0 N–H and O–H groups in total. The molecule has 0 amide bonds. The average molecular weight is 669 g/mol. The Labute approximate surface area is 309 Å². The molecule has 2 nitrogen and oxygen atoms in total. The summed E-state index contributed by atoms with van der Waals surface area (Å²) in [4.78, 5) is 2.17. The molecule has 1 aromatic heterocycles. The lowest BCUT2D eigenvalue weighted by atomic mass is 9.93. The predicted octanol–water partition coefficient (Wildman–Crippen LogP) is 14.4. The highest BCUT2D eigenvalue weighted by Gasteiger charge is 2.25. The zero-order chi connectivity index (χ0) is 38.8. The first-order chi connectivity index (χ1) is 27.9. The quantitative estimate of drug-likeness (QED) is 0.164. The van der Waals surface area contributed by atoms with Gasteiger partial charge in [-0.05, 0) is 79.9 Å². The fourth-order valence-corrected chi connectivity index (χ4v) is 7.55. The van der Waals surface area contributed by atoms with Gasteiger partial charge in [0.05, 0.1) is 12.5 Å². The van der Waals surface area contributed by atoms with Crippen molar-refractivity contribution in [2.45, 2.75) is 0 Å². The number of hydrogen-bond donors (Lipinski definition) is 0. The Balaban J connectivity index is 1.31. The van der Waals surface area contributed by atoms with E-state index in [2.05, 4.69) is 102 Å². The molecule has 10 rings (SSSR count). The van der Waals surface area contributed by atoms with Crippen molar-refractivity contribution >= 4 is 60.5 Å². The van der Waals surface area contributed by atoms with Crippen LogP contribution in [-0.2, 0) is 0 Å². The van der Waals surface area contributed by atoms with Crippen molar-refractivity contribution in [2.75, 3.05) is 4.90 Å². The standard InChI is InChI=1S/C50H33NO/c1-4-14-34(15-5-1)36-24-28-39(29-25-36)51(40-30-26-37(27-31-40)35-16-6-2-7-17-35)46-33-32-41(38-18-8-3-9-19-38)47-48-44-22-12-10-20-42(44)43-21-11-13-23-45(43)49(48)52-50(46)47/h1-33H/i3D,8D,9D,18D,19D. The number of hydrogen-bond acceptors (Lipinski definition) is 2. The van der Waals surface area contributed by atoms with E-state index in [1.807, 2.05) is 72.8 Å². The van der Waals surface area contributed by atoms with E-state index in [1.54, 1.807) is 0 Å². The van der Waals surface area contributed by atoms with Gasteiger partial charge in [-0.3, -0.25) is 0 Å². The molecule has 9 aromatic carbocycles. The van der Waals surface area contributed by atoms with Crippen molar-refractivity contribution < 1.29 is 11.3 Å². The molecule has 0 spiro atoms. The number of anilines is 3. The fraction of sp³-hybridized carbons (Fsp3) is 0. The zero-order valence-corrected chi connectivity index (χ0v) is 28.0. The van der Waals surface area contributed by atoms with E-state index >= 15 is 0 Å². The minimum Gasteiger partial charge on any atom is -0.453 e. The van der Waals surface area contributed by atoms with Gasteiger partial charge >= 0.3 is 0 Å². The lowest BCUT2D eigenvalue weighted by Gasteiger charge is -2.26. The van der Waals surface area contributed by atoms with Crippen molar-refractivity contribution in [3.05, 3.63) is 200 Å². The molecular weight excluding hydrogens is 631 g/mol. The Kier molecular flexibility index (Phi) is 6.01. The van der Waals surface area contributed by atoms with E-state index in [1.165, 1.54) is 0 Å². The van der Waals surface area contributed by atoms with E-state index in [4.69, 9.17) is 11.3 Å². The summed E-state index contributed by atoms with van der Waals surface area (Å²) in [6.45, 7) is 0. The second-order valence-corrected chi connectivity index (χ2v) is 12.9. The van der Waals surface area contributed by atoms with Crippen LogP contribution in [0.1, 0.15) is 6.85 Å². The Hall–Kier alpha value is -6.90. The largest absolute Gasteiger partial charge is 0.453 e. The van der Waals surface area contributed by atoms with Gasteiger partial charge in [0.15, 0.2) is 5.58 Å². The van der Waals surface area contributed by atoms with Gasteiger partial charge in [-0.15, -0.1) is 0 Å². The summed E-state index contributed by atoms with van der Waals surface area (Å²) in [7, 11) is 0. The second-order valence-electron chi connectivity index (χ2n) is 12.9. The molecular formula is C50H33NO. The third-order valence-electron chi connectivity index (χ3n) is 9.95. The second kappa shape index (κ2) is 12.5. The Morgan fingerprint density at radius 3 is 1.42 bits per heavy atom. The summed E-state index contributed by atoms with van der Waals surface area (Å²) in [6, 6.07) is 55.9.